The Morgan fingerprint density at radius 1 is 1.00 bits per heavy atom. The fourth-order valence-electron chi connectivity index (χ4n) is 3.08. The number of fused-ring (bicyclic) bond motifs is 1. The molecule has 6 heteroatoms. The quantitative estimate of drug-likeness (QED) is 0.596. The van der Waals surface area contributed by atoms with Crippen LogP contribution in [0, 0.1) is 0 Å². The molecule has 2 aromatic carbocycles. The number of anilines is 1. The maximum atomic E-state index is 13.1. The van der Waals surface area contributed by atoms with Gasteiger partial charge in [-0.25, -0.2) is 4.79 Å². The lowest BCUT2D eigenvalue weighted by atomic mass is 10.1. The molecule has 0 spiro atoms. The first kappa shape index (κ1) is 17.8. The van der Waals surface area contributed by atoms with E-state index in [1.54, 1.807) is 28.8 Å². The van der Waals surface area contributed by atoms with Crippen molar-refractivity contribution in [3.05, 3.63) is 82.6 Å². The van der Waals surface area contributed by atoms with Crippen molar-refractivity contribution in [2.75, 3.05) is 17.3 Å². The lowest BCUT2D eigenvalue weighted by Gasteiger charge is -2.37. The fraction of sp³-hybridized carbons (Fsp3) is 0.143. The number of hydrogen-bond acceptors (Lipinski definition) is 5. The van der Waals surface area contributed by atoms with Gasteiger partial charge in [-0.3, -0.25) is 9.69 Å². The minimum Gasteiger partial charge on any atom is -0.451 e. The highest BCUT2D eigenvalue weighted by molar-refractivity contribution is 7.99. The molecule has 4 nitrogen and oxygen atoms in total. The molecule has 1 amide bonds. The molecular formula is C21H17NO3S2. The summed E-state index contributed by atoms with van der Waals surface area (Å²) in [5.74, 6) is 0.0711. The van der Waals surface area contributed by atoms with Crippen LogP contribution >= 0.6 is 23.1 Å². The molecule has 1 aromatic heterocycles. The number of thiophene rings is 1. The molecule has 1 aliphatic rings. The van der Waals surface area contributed by atoms with Crippen molar-refractivity contribution in [1.29, 1.82) is 0 Å². The van der Waals surface area contributed by atoms with E-state index in [9.17, 15) is 9.59 Å². The van der Waals surface area contributed by atoms with Crippen molar-refractivity contribution >= 4 is 40.7 Å². The van der Waals surface area contributed by atoms with E-state index in [1.807, 2.05) is 60.0 Å². The number of amides is 1. The topological polar surface area (TPSA) is 46.6 Å². The van der Waals surface area contributed by atoms with Crippen LogP contribution in [0.3, 0.4) is 0 Å². The summed E-state index contributed by atoms with van der Waals surface area (Å²) >= 11 is 3.04. The molecule has 0 N–H and O–H groups in total. The SMILES string of the molecule is O=C(OCC(=O)N1c2ccccc2SC[C@@H]1c1ccccc1)c1cccs1. The molecule has 2 heterocycles. The van der Waals surface area contributed by atoms with Crippen molar-refractivity contribution in [3.63, 3.8) is 0 Å². The Labute approximate surface area is 165 Å². The Bertz CT molecular complexity index is 941. The normalized spacial score (nSPS) is 15.9. The molecule has 136 valence electrons. The van der Waals surface area contributed by atoms with Crippen LogP contribution in [0.15, 0.2) is 77.0 Å². The van der Waals surface area contributed by atoms with Gasteiger partial charge in [0.25, 0.3) is 5.91 Å². The third-order valence-electron chi connectivity index (χ3n) is 4.34. The zero-order valence-electron chi connectivity index (χ0n) is 14.4. The summed E-state index contributed by atoms with van der Waals surface area (Å²) in [6.07, 6.45) is 0. The number of hydrogen-bond donors (Lipinski definition) is 0. The van der Waals surface area contributed by atoms with E-state index in [1.165, 1.54) is 11.3 Å². The zero-order chi connectivity index (χ0) is 18.6. The molecule has 3 aromatic rings. The van der Waals surface area contributed by atoms with E-state index in [0.29, 0.717) is 4.88 Å². The van der Waals surface area contributed by atoms with Gasteiger partial charge in [0.15, 0.2) is 6.61 Å². The molecule has 0 bridgehead atoms. The molecule has 0 fully saturated rings. The van der Waals surface area contributed by atoms with Crippen LogP contribution < -0.4 is 4.90 Å². The summed E-state index contributed by atoms with van der Waals surface area (Å²) < 4.78 is 5.27. The molecule has 0 aliphatic carbocycles. The summed E-state index contributed by atoms with van der Waals surface area (Å²) in [7, 11) is 0. The number of rotatable bonds is 4. The van der Waals surface area contributed by atoms with Gasteiger partial charge in [0, 0.05) is 10.6 Å². The van der Waals surface area contributed by atoms with Crippen molar-refractivity contribution in [3.8, 4) is 0 Å². The van der Waals surface area contributed by atoms with Crippen LogP contribution in [0.2, 0.25) is 0 Å². The van der Waals surface area contributed by atoms with Gasteiger partial charge in [0.2, 0.25) is 0 Å². The second-order valence-corrected chi connectivity index (χ2v) is 8.03. The van der Waals surface area contributed by atoms with Gasteiger partial charge in [-0.05, 0) is 29.1 Å². The van der Waals surface area contributed by atoms with Gasteiger partial charge in [-0.2, -0.15) is 0 Å². The third-order valence-corrected chi connectivity index (χ3v) is 6.32. The Kier molecular flexibility index (Phi) is 5.27. The minimum atomic E-state index is -0.464. The summed E-state index contributed by atoms with van der Waals surface area (Å²) in [5, 5.41) is 1.81. The summed E-state index contributed by atoms with van der Waals surface area (Å²) in [4.78, 5) is 28.5. The van der Waals surface area contributed by atoms with Crippen molar-refractivity contribution in [2.45, 2.75) is 10.9 Å². The van der Waals surface area contributed by atoms with Gasteiger partial charge in [-0.1, -0.05) is 48.5 Å². The third kappa shape index (κ3) is 3.77. The molecule has 0 radical (unpaired) electrons. The number of para-hydroxylation sites is 1. The van der Waals surface area contributed by atoms with Gasteiger partial charge in [-0.15, -0.1) is 23.1 Å². The fourth-order valence-corrected chi connectivity index (χ4v) is 4.86. The van der Waals surface area contributed by atoms with E-state index in [-0.39, 0.29) is 18.6 Å². The van der Waals surface area contributed by atoms with E-state index < -0.39 is 5.97 Å². The molecule has 27 heavy (non-hydrogen) atoms. The number of thioether (sulfide) groups is 1. The number of carbonyl (C=O) groups excluding carboxylic acids is 2. The Hall–Kier alpha value is -2.57. The predicted octanol–water partition coefficient (Wildman–Crippen LogP) is 4.79. The van der Waals surface area contributed by atoms with Crippen LogP contribution in [-0.4, -0.2) is 24.2 Å². The second-order valence-electron chi connectivity index (χ2n) is 6.02. The highest BCUT2D eigenvalue weighted by Gasteiger charge is 2.32. The van der Waals surface area contributed by atoms with Gasteiger partial charge in [0.05, 0.1) is 11.7 Å². The Balaban J connectivity index is 1.59. The van der Waals surface area contributed by atoms with E-state index in [0.717, 1.165) is 21.9 Å². The average molecular weight is 396 g/mol. The average Bonchev–Trinajstić information content (AvgIpc) is 3.26. The molecule has 4 rings (SSSR count). The summed E-state index contributed by atoms with van der Waals surface area (Å²) in [6.45, 7) is -0.279. The monoisotopic (exact) mass is 395 g/mol. The first-order valence-corrected chi connectivity index (χ1v) is 10.4. The summed E-state index contributed by atoms with van der Waals surface area (Å²) in [6, 6.07) is 21.2. The highest BCUT2D eigenvalue weighted by atomic mass is 32.2. The smallest absolute Gasteiger partial charge is 0.348 e. The van der Waals surface area contributed by atoms with Crippen LogP contribution in [0.1, 0.15) is 21.3 Å². The lowest BCUT2D eigenvalue weighted by Crippen LogP contribution is -2.41. The number of ether oxygens (including phenoxy) is 1. The van der Waals surface area contributed by atoms with Crippen molar-refractivity contribution in [1.82, 2.24) is 0 Å². The van der Waals surface area contributed by atoms with Crippen LogP contribution in [-0.2, 0) is 9.53 Å². The Morgan fingerprint density at radius 2 is 1.78 bits per heavy atom. The van der Waals surface area contributed by atoms with Crippen LogP contribution in [0.25, 0.3) is 0 Å². The van der Waals surface area contributed by atoms with Crippen molar-refractivity contribution < 1.29 is 14.3 Å². The largest absolute Gasteiger partial charge is 0.451 e. The standard InChI is InChI=1S/C21H17NO3S2/c23-20(13-25-21(24)19-11-6-12-26-19)22-16-9-4-5-10-18(16)27-14-17(22)15-7-2-1-3-8-15/h1-12,17H,13-14H2/t17-/m1/s1. The maximum absolute atomic E-state index is 13.1. The zero-order valence-corrected chi connectivity index (χ0v) is 16.0. The number of carbonyl (C=O) groups is 2. The van der Waals surface area contributed by atoms with Gasteiger partial charge < -0.3 is 4.74 Å². The van der Waals surface area contributed by atoms with Crippen LogP contribution in [0.4, 0.5) is 5.69 Å². The first-order valence-electron chi connectivity index (χ1n) is 8.53. The van der Waals surface area contributed by atoms with E-state index in [2.05, 4.69) is 0 Å². The Morgan fingerprint density at radius 3 is 2.56 bits per heavy atom. The van der Waals surface area contributed by atoms with Crippen molar-refractivity contribution in [2.24, 2.45) is 0 Å². The van der Waals surface area contributed by atoms with Gasteiger partial charge >= 0.3 is 5.97 Å². The van der Waals surface area contributed by atoms with Crippen LogP contribution in [0.5, 0.6) is 0 Å². The van der Waals surface area contributed by atoms with Gasteiger partial charge in [0.1, 0.15) is 4.88 Å². The minimum absolute atomic E-state index is 0.0981. The molecule has 0 saturated carbocycles. The van der Waals surface area contributed by atoms with E-state index in [4.69, 9.17) is 4.74 Å². The molecular weight excluding hydrogens is 378 g/mol. The number of benzene rings is 2. The lowest BCUT2D eigenvalue weighted by molar-refractivity contribution is -0.122. The number of esters is 1. The molecule has 0 unspecified atom stereocenters. The number of nitrogens with zero attached hydrogens (tertiary/aromatic N) is 1. The predicted molar refractivity (Wildman–Crippen MR) is 108 cm³/mol. The summed E-state index contributed by atoms with van der Waals surface area (Å²) in [5.41, 5.74) is 1.93. The molecule has 0 saturated heterocycles. The molecule has 1 atom stereocenters. The molecule has 1 aliphatic heterocycles. The maximum Gasteiger partial charge on any atom is 0.348 e. The second kappa shape index (κ2) is 7.98. The first-order chi connectivity index (χ1) is 13.2. The van der Waals surface area contributed by atoms with E-state index >= 15 is 0 Å². The highest BCUT2D eigenvalue weighted by Crippen LogP contribution is 2.43.